The molecule has 7 nitrogen and oxygen atoms in total. The molecule has 30 heavy (non-hydrogen) atoms. The molecule has 156 valence electrons. The summed E-state index contributed by atoms with van der Waals surface area (Å²) in [6, 6.07) is 17.8. The van der Waals surface area contributed by atoms with Crippen molar-refractivity contribution >= 4 is 11.9 Å². The quantitative estimate of drug-likeness (QED) is 0.398. The van der Waals surface area contributed by atoms with E-state index in [1.165, 1.54) is 0 Å². The summed E-state index contributed by atoms with van der Waals surface area (Å²) in [7, 11) is 1.64. The molecule has 3 aromatic rings. The molecule has 3 N–H and O–H groups in total. The molecule has 3 rings (SSSR count). The first-order chi connectivity index (χ1) is 14.7. The highest BCUT2D eigenvalue weighted by Gasteiger charge is 2.04. The van der Waals surface area contributed by atoms with E-state index in [1.54, 1.807) is 13.2 Å². The lowest BCUT2D eigenvalue weighted by Crippen LogP contribution is -2.38. The first kappa shape index (κ1) is 21.1. The van der Waals surface area contributed by atoms with E-state index in [1.807, 2.05) is 60.3 Å². The minimum Gasteiger partial charge on any atom is -0.357 e. The third kappa shape index (κ3) is 5.94. The van der Waals surface area contributed by atoms with Crippen LogP contribution in [0, 0.1) is 0 Å². The normalized spacial score (nSPS) is 11.2. The van der Waals surface area contributed by atoms with Gasteiger partial charge in [0.25, 0.3) is 5.91 Å². The minimum absolute atomic E-state index is 0.0710. The zero-order chi connectivity index (χ0) is 21.2. The Morgan fingerprint density at radius 3 is 2.60 bits per heavy atom. The van der Waals surface area contributed by atoms with Crippen molar-refractivity contribution in [1.82, 2.24) is 25.7 Å². The highest BCUT2D eigenvalue weighted by molar-refractivity contribution is 5.94. The monoisotopic (exact) mass is 404 g/mol. The maximum atomic E-state index is 11.8. The van der Waals surface area contributed by atoms with E-state index in [0.717, 1.165) is 42.3 Å². The van der Waals surface area contributed by atoms with Crippen LogP contribution in [-0.2, 0) is 13.0 Å². The third-order valence-corrected chi connectivity index (χ3v) is 4.59. The number of carbonyl (C=O) groups excluding carboxylic acids is 1. The maximum absolute atomic E-state index is 11.8. The van der Waals surface area contributed by atoms with Gasteiger partial charge in [0.15, 0.2) is 5.96 Å². The summed E-state index contributed by atoms with van der Waals surface area (Å²) in [5.74, 6) is 0.703. The van der Waals surface area contributed by atoms with Gasteiger partial charge in [0.1, 0.15) is 0 Å². The van der Waals surface area contributed by atoms with Crippen LogP contribution in [0.25, 0.3) is 5.69 Å². The molecular weight excluding hydrogens is 376 g/mol. The van der Waals surface area contributed by atoms with E-state index >= 15 is 0 Å². The first-order valence-corrected chi connectivity index (χ1v) is 10.1. The SMILES string of the molecule is CCNC(=NCc1ccc(-n2cccn2)cc1)NCCc1cccc(C(=O)NC)c1. The van der Waals surface area contributed by atoms with Gasteiger partial charge in [0, 0.05) is 38.1 Å². The summed E-state index contributed by atoms with van der Waals surface area (Å²) < 4.78 is 1.83. The van der Waals surface area contributed by atoms with Crippen LogP contribution in [0.1, 0.15) is 28.4 Å². The number of amides is 1. The van der Waals surface area contributed by atoms with Gasteiger partial charge in [0.2, 0.25) is 0 Å². The van der Waals surface area contributed by atoms with Crippen LogP contribution >= 0.6 is 0 Å². The van der Waals surface area contributed by atoms with Crippen LogP contribution < -0.4 is 16.0 Å². The number of carbonyl (C=O) groups is 1. The lowest BCUT2D eigenvalue weighted by atomic mass is 10.1. The molecule has 0 fully saturated rings. The standard InChI is InChI=1S/C23H28N6O/c1-3-25-23(26-14-12-18-6-4-7-20(16-18)22(30)24-2)27-17-19-8-10-21(11-9-19)29-15-5-13-28-29/h4-11,13,15-16H,3,12,14,17H2,1-2H3,(H,24,30)(H2,25,26,27). The smallest absolute Gasteiger partial charge is 0.251 e. The van der Waals surface area contributed by atoms with E-state index in [0.29, 0.717) is 12.1 Å². The van der Waals surface area contributed by atoms with Gasteiger partial charge < -0.3 is 16.0 Å². The van der Waals surface area contributed by atoms with Crippen molar-refractivity contribution in [1.29, 1.82) is 0 Å². The Morgan fingerprint density at radius 2 is 1.90 bits per heavy atom. The number of hydrogen-bond donors (Lipinski definition) is 3. The number of guanidine groups is 1. The molecule has 7 heteroatoms. The molecule has 0 saturated heterocycles. The summed E-state index contributed by atoms with van der Waals surface area (Å²) in [6.45, 7) is 4.14. The second kappa shape index (κ2) is 10.8. The predicted octanol–water partition coefficient (Wildman–Crippen LogP) is 2.53. The molecule has 1 heterocycles. The zero-order valence-electron chi connectivity index (χ0n) is 17.4. The Bertz CT molecular complexity index is 964. The second-order valence-corrected chi connectivity index (χ2v) is 6.77. The predicted molar refractivity (Wildman–Crippen MR) is 120 cm³/mol. The molecule has 0 bridgehead atoms. The van der Waals surface area contributed by atoms with Gasteiger partial charge in [-0.2, -0.15) is 5.10 Å². The Balaban J connectivity index is 1.55. The summed E-state index contributed by atoms with van der Waals surface area (Å²) in [5.41, 5.74) is 3.93. The van der Waals surface area contributed by atoms with Gasteiger partial charge in [0.05, 0.1) is 12.2 Å². The average Bonchev–Trinajstić information content (AvgIpc) is 3.32. The van der Waals surface area contributed by atoms with E-state index < -0.39 is 0 Å². The highest BCUT2D eigenvalue weighted by Crippen LogP contribution is 2.09. The topological polar surface area (TPSA) is 83.3 Å². The van der Waals surface area contributed by atoms with Gasteiger partial charge in [-0.1, -0.05) is 24.3 Å². The van der Waals surface area contributed by atoms with Crippen molar-refractivity contribution in [3.8, 4) is 5.69 Å². The summed E-state index contributed by atoms with van der Waals surface area (Å²) in [6.07, 6.45) is 4.49. The molecule has 0 aliphatic rings. The van der Waals surface area contributed by atoms with E-state index in [9.17, 15) is 4.79 Å². The van der Waals surface area contributed by atoms with E-state index in [4.69, 9.17) is 0 Å². The van der Waals surface area contributed by atoms with Crippen LogP contribution in [0.4, 0.5) is 0 Å². The van der Waals surface area contributed by atoms with Crippen LogP contribution in [0.2, 0.25) is 0 Å². The fraction of sp³-hybridized carbons (Fsp3) is 0.261. The molecule has 0 spiro atoms. The number of nitrogens with zero attached hydrogens (tertiary/aromatic N) is 3. The van der Waals surface area contributed by atoms with Crippen LogP contribution in [-0.4, -0.2) is 41.8 Å². The molecule has 0 aliphatic heterocycles. The summed E-state index contributed by atoms with van der Waals surface area (Å²) in [4.78, 5) is 16.5. The molecule has 0 saturated carbocycles. The number of rotatable bonds is 8. The number of aromatic nitrogens is 2. The number of nitrogens with one attached hydrogen (secondary N) is 3. The summed E-state index contributed by atoms with van der Waals surface area (Å²) in [5, 5.41) is 13.5. The average molecular weight is 405 g/mol. The molecule has 0 aliphatic carbocycles. The van der Waals surface area contributed by atoms with Gasteiger partial charge in [-0.15, -0.1) is 0 Å². The molecule has 0 radical (unpaired) electrons. The number of benzene rings is 2. The summed E-state index contributed by atoms with van der Waals surface area (Å²) >= 11 is 0. The van der Waals surface area contributed by atoms with Crippen molar-refractivity contribution in [2.45, 2.75) is 19.9 Å². The lowest BCUT2D eigenvalue weighted by Gasteiger charge is -2.12. The van der Waals surface area contributed by atoms with Crippen LogP contribution in [0.5, 0.6) is 0 Å². The third-order valence-electron chi connectivity index (χ3n) is 4.59. The molecular formula is C23H28N6O. The lowest BCUT2D eigenvalue weighted by molar-refractivity contribution is 0.0963. The molecule has 2 aromatic carbocycles. The zero-order valence-corrected chi connectivity index (χ0v) is 17.4. The maximum Gasteiger partial charge on any atom is 0.251 e. The fourth-order valence-electron chi connectivity index (χ4n) is 3.03. The van der Waals surface area contributed by atoms with Gasteiger partial charge >= 0.3 is 0 Å². The van der Waals surface area contributed by atoms with Crippen molar-refractivity contribution in [2.24, 2.45) is 4.99 Å². The van der Waals surface area contributed by atoms with Crippen molar-refractivity contribution in [3.63, 3.8) is 0 Å². The van der Waals surface area contributed by atoms with Gasteiger partial charge in [-0.25, -0.2) is 9.67 Å². The molecule has 0 atom stereocenters. The van der Waals surface area contributed by atoms with Crippen molar-refractivity contribution < 1.29 is 4.79 Å². The molecule has 0 unspecified atom stereocenters. The van der Waals surface area contributed by atoms with Crippen LogP contribution in [0.3, 0.4) is 0 Å². The van der Waals surface area contributed by atoms with Gasteiger partial charge in [-0.3, -0.25) is 4.79 Å². The Labute approximate surface area is 177 Å². The highest BCUT2D eigenvalue weighted by atomic mass is 16.1. The van der Waals surface area contributed by atoms with Crippen LogP contribution in [0.15, 0.2) is 72.0 Å². The first-order valence-electron chi connectivity index (χ1n) is 10.1. The van der Waals surface area contributed by atoms with Gasteiger partial charge in [-0.05, 0) is 54.8 Å². The van der Waals surface area contributed by atoms with E-state index in [2.05, 4.69) is 38.2 Å². The molecule has 1 aromatic heterocycles. The largest absolute Gasteiger partial charge is 0.357 e. The Morgan fingerprint density at radius 1 is 1.07 bits per heavy atom. The molecule has 1 amide bonds. The second-order valence-electron chi connectivity index (χ2n) is 6.77. The number of hydrogen-bond acceptors (Lipinski definition) is 3. The number of aliphatic imine (C=N–C) groups is 1. The van der Waals surface area contributed by atoms with Crippen molar-refractivity contribution in [2.75, 3.05) is 20.1 Å². The van der Waals surface area contributed by atoms with E-state index in [-0.39, 0.29) is 5.91 Å². The van der Waals surface area contributed by atoms with Crippen molar-refractivity contribution in [3.05, 3.63) is 83.7 Å². The minimum atomic E-state index is -0.0710. The fourth-order valence-corrected chi connectivity index (χ4v) is 3.03. The Hall–Kier alpha value is -3.61. The Kier molecular flexibility index (Phi) is 7.60.